The molecular weight excluding hydrogens is 489 g/mol. The zero-order valence-electron chi connectivity index (χ0n) is 19.5. The second kappa shape index (κ2) is 10.1. The van der Waals surface area contributed by atoms with Gasteiger partial charge in [-0.3, -0.25) is 9.69 Å². The quantitative estimate of drug-likeness (QED) is 0.329. The molecule has 196 valence electrons. The topological polar surface area (TPSA) is 94.3 Å². The molecule has 13 heteroatoms. The van der Waals surface area contributed by atoms with Gasteiger partial charge >= 0.3 is 6.18 Å². The maximum atomic E-state index is 14.8. The van der Waals surface area contributed by atoms with Gasteiger partial charge in [-0.15, -0.1) is 10.2 Å². The number of halogens is 5. The van der Waals surface area contributed by atoms with Crippen molar-refractivity contribution in [3.8, 4) is 5.88 Å². The monoisotopic (exact) mass is 515 g/mol. The number of hydrogen-bond acceptors (Lipinski definition) is 6. The zero-order chi connectivity index (χ0) is 26.1. The average Bonchev–Trinajstić information content (AvgIpc) is 3.63. The van der Waals surface area contributed by atoms with Crippen molar-refractivity contribution in [1.82, 2.24) is 15.1 Å². The SMILES string of the molecule is C[C@@H](C(=O)Nc1ccc(OCC2CC2)nn1)N1CCC(F)(F)[C@@H](c2cc[n+]([O-])c(CC(F)(F)F)c2)C1. The number of carbonyl (C=O) groups is 1. The van der Waals surface area contributed by atoms with E-state index < -0.39 is 48.5 Å². The predicted octanol–water partition coefficient (Wildman–Crippen LogP) is 3.46. The van der Waals surface area contributed by atoms with E-state index in [0.29, 0.717) is 18.4 Å². The van der Waals surface area contributed by atoms with E-state index in [1.54, 1.807) is 13.0 Å². The summed E-state index contributed by atoms with van der Waals surface area (Å²) >= 11 is 0. The van der Waals surface area contributed by atoms with Crippen molar-refractivity contribution in [1.29, 1.82) is 0 Å². The normalized spacial score (nSPS) is 21.1. The van der Waals surface area contributed by atoms with E-state index in [2.05, 4.69) is 15.5 Å². The first-order valence-electron chi connectivity index (χ1n) is 11.6. The lowest BCUT2D eigenvalue weighted by Crippen LogP contribution is -2.52. The van der Waals surface area contributed by atoms with Crippen LogP contribution in [0.3, 0.4) is 0 Å². The Kier molecular flexibility index (Phi) is 7.30. The summed E-state index contributed by atoms with van der Waals surface area (Å²) in [7, 11) is 0. The van der Waals surface area contributed by atoms with Crippen molar-refractivity contribution >= 4 is 11.7 Å². The number of hydrogen-bond donors (Lipinski definition) is 1. The summed E-state index contributed by atoms with van der Waals surface area (Å²) in [6.07, 6.45) is -3.73. The van der Waals surface area contributed by atoms with Gasteiger partial charge < -0.3 is 15.3 Å². The predicted molar refractivity (Wildman–Crippen MR) is 117 cm³/mol. The van der Waals surface area contributed by atoms with Crippen molar-refractivity contribution in [3.05, 3.63) is 46.9 Å². The molecule has 8 nitrogen and oxygen atoms in total. The minimum atomic E-state index is -4.66. The van der Waals surface area contributed by atoms with Crippen LogP contribution in [-0.2, 0) is 11.2 Å². The van der Waals surface area contributed by atoms with Crippen LogP contribution < -0.4 is 14.8 Å². The van der Waals surface area contributed by atoms with Gasteiger partial charge in [-0.1, -0.05) is 0 Å². The standard InChI is InChI=1S/C23H26F5N5O3/c1-14(21(34)29-19-4-5-20(31-30-19)36-13-15-2-3-15)32-9-7-22(24,25)18(12-32)16-6-8-33(35)17(10-16)11-23(26,27)28/h4-6,8,10,14-15,18H,2-3,7,9,11-13H2,1H3,(H,29,30,34)/t14-,18+/m0/s1. The highest BCUT2D eigenvalue weighted by Crippen LogP contribution is 2.41. The highest BCUT2D eigenvalue weighted by atomic mass is 19.4. The smallest absolute Gasteiger partial charge is 0.398 e. The number of likely N-dealkylation sites (tertiary alicyclic amines) is 1. The van der Waals surface area contributed by atoms with E-state index >= 15 is 0 Å². The minimum absolute atomic E-state index is 0.0229. The van der Waals surface area contributed by atoms with Crippen LogP contribution >= 0.6 is 0 Å². The number of piperidine rings is 1. The van der Waals surface area contributed by atoms with Crippen molar-refractivity contribution in [2.75, 3.05) is 25.0 Å². The first-order chi connectivity index (χ1) is 16.9. The number of aromatic nitrogens is 3. The Morgan fingerprint density at radius 3 is 2.69 bits per heavy atom. The van der Waals surface area contributed by atoms with Gasteiger partial charge in [0.15, 0.2) is 12.0 Å². The number of carbonyl (C=O) groups excluding carboxylic acids is 1. The molecular formula is C23H26F5N5O3. The van der Waals surface area contributed by atoms with Crippen molar-refractivity contribution in [2.24, 2.45) is 5.92 Å². The second-order valence-electron chi connectivity index (χ2n) is 9.30. The fourth-order valence-electron chi connectivity index (χ4n) is 4.08. The molecule has 2 aliphatic rings. The van der Waals surface area contributed by atoms with Gasteiger partial charge in [0.25, 0.3) is 5.92 Å². The Morgan fingerprint density at radius 2 is 2.06 bits per heavy atom. The molecule has 2 aromatic rings. The second-order valence-corrected chi connectivity index (χ2v) is 9.30. The average molecular weight is 515 g/mol. The van der Waals surface area contributed by atoms with Gasteiger partial charge in [-0.25, -0.2) is 8.78 Å². The van der Waals surface area contributed by atoms with E-state index in [1.165, 1.54) is 11.0 Å². The van der Waals surface area contributed by atoms with Crippen molar-refractivity contribution < 1.29 is 36.2 Å². The summed E-state index contributed by atoms with van der Waals surface area (Å²) in [6.45, 7) is 1.73. The van der Waals surface area contributed by atoms with Crippen LogP contribution in [0.15, 0.2) is 30.5 Å². The number of pyridine rings is 1. The maximum Gasteiger partial charge on any atom is 0.398 e. The van der Waals surface area contributed by atoms with Crippen LogP contribution in [0.5, 0.6) is 5.88 Å². The lowest BCUT2D eigenvalue weighted by Gasteiger charge is -2.40. The number of amides is 1. The summed E-state index contributed by atoms with van der Waals surface area (Å²) in [6, 6.07) is 4.23. The summed E-state index contributed by atoms with van der Waals surface area (Å²) in [4.78, 5) is 14.3. The Morgan fingerprint density at radius 1 is 1.31 bits per heavy atom. The molecule has 36 heavy (non-hydrogen) atoms. The third-order valence-corrected chi connectivity index (χ3v) is 6.44. The molecule has 0 unspecified atom stereocenters. The van der Waals surface area contributed by atoms with Crippen LogP contribution in [0.1, 0.15) is 43.4 Å². The van der Waals surface area contributed by atoms with E-state index in [4.69, 9.17) is 4.74 Å². The molecule has 1 aliphatic carbocycles. The van der Waals surface area contributed by atoms with E-state index in [9.17, 15) is 32.0 Å². The summed E-state index contributed by atoms with van der Waals surface area (Å²) in [5.41, 5.74) is -0.752. The molecule has 2 fully saturated rings. The third-order valence-electron chi connectivity index (χ3n) is 6.44. The number of alkyl halides is 5. The number of ether oxygens (including phenoxy) is 1. The lowest BCUT2D eigenvalue weighted by molar-refractivity contribution is -0.615. The van der Waals surface area contributed by atoms with Crippen molar-refractivity contribution in [2.45, 2.75) is 56.7 Å². The molecule has 1 aliphatic heterocycles. The molecule has 1 saturated carbocycles. The summed E-state index contributed by atoms with van der Waals surface area (Å²) in [5, 5.41) is 22.2. The first-order valence-corrected chi connectivity index (χ1v) is 11.6. The molecule has 1 N–H and O–H groups in total. The molecule has 0 spiro atoms. The number of nitrogens with zero attached hydrogens (tertiary/aromatic N) is 4. The van der Waals surface area contributed by atoms with Gasteiger partial charge in [0.05, 0.1) is 18.6 Å². The minimum Gasteiger partial charge on any atom is -0.618 e. The van der Waals surface area contributed by atoms with E-state index in [0.717, 1.165) is 31.2 Å². The highest BCUT2D eigenvalue weighted by Gasteiger charge is 2.47. The molecule has 1 saturated heterocycles. The number of nitrogens with one attached hydrogen (secondary N) is 1. The summed E-state index contributed by atoms with van der Waals surface area (Å²) in [5.74, 6) is -4.16. The molecule has 0 bridgehead atoms. The van der Waals surface area contributed by atoms with Crippen LogP contribution in [0.2, 0.25) is 0 Å². The Labute approximate surface area is 204 Å². The van der Waals surface area contributed by atoms with Crippen LogP contribution in [0.4, 0.5) is 27.8 Å². The largest absolute Gasteiger partial charge is 0.618 e. The van der Waals surface area contributed by atoms with Crippen LogP contribution in [-0.4, -0.2) is 58.8 Å². The molecule has 0 radical (unpaired) electrons. The molecule has 0 aromatic carbocycles. The first kappa shape index (κ1) is 26.0. The van der Waals surface area contributed by atoms with Gasteiger partial charge in [0.1, 0.15) is 6.42 Å². The fraction of sp³-hybridized carbons (Fsp3) is 0.565. The van der Waals surface area contributed by atoms with Crippen LogP contribution in [0, 0.1) is 11.1 Å². The van der Waals surface area contributed by atoms with Crippen molar-refractivity contribution in [3.63, 3.8) is 0 Å². The van der Waals surface area contributed by atoms with Gasteiger partial charge in [0, 0.05) is 37.7 Å². The molecule has 4 rings (SSSR count). The Balaban J connectivity index is 1.42. The molecule has 3 heterocycles. The Hall–Kier alpha value is -3.09. The lowest BCUT2D eigenvalue weighted by atomic mass is 9.86. The highest BCUT2D eigenvalue weighted by molar-refractivity contribution is 5.93. The number of anilines is 1. The fourth-order valence-corrected chi connectivity index (χ4v) is 4.08. The van der Waals surface area contributed by atoms with Crippen LogP contribution in [0.25, 0.3) is 0 Å². The molecule has 2 aromatic heterocycles. The van der Waals surface area contributed by atoms with E-state index in [-0.39, 0.29) is 29.2 Å². The van der Waals surface area contributed by atoms with Gasteiger partial charge in [-0.2, -0.15) is 17.9 Å². The van der Waals surface area contributed by atoms with E-state index in [1.807, 2.05) is 0 Å². The van der Waals surface area contributed by atoms with Gasteiger partial charge in [0.2, 0.25) is 17.5 Å². The maximum absolute atomic E-state index is 14.8. The molecule has 2 atom stereocenters. The number of rotatable bonds is 8. The third kappa shape index (κ3) is 6.56. The molecule has 1 amide bonds. The zero-order valence-corrected chi connectivity index (χ0v) is 19.5. The van der Waals surface area contributed by atoms with Gasteiger partial charge in [-0.05, 0) is 37.3 Å². The Bertz CT molecular complexity index is 1080. The summed E-state index contributed by atoms with van der Waals surface area (Å²) < 4.78 is 73.5.